The summed E-state index contributed by atoms with van der Waals surface area (Å²) < 4.78 is 5.42. The molecule has 0 radical (unpaired) electrons. The lowest BCUT2D eigenvalue weighted by molar-refractivity contribution is 0.289. The molecule has 0 amide bonds. The van der Waals surface area contributed by atoms with Crippen molar-refractivity contribution in [2.45, 2.75) is 25.7 Å². The number of aromatic nitrogens is 3. The highest BCUT2D eigenvalue weighted by Gasteiger charge is 2.21. The molecule has 2 aromatic heterocycles. The predicted molar refractivity (Wildman–Crippen MR) is 134 cm³/mol. The molecule has 1 saturated carbocycles. The van der Waals surface area contributed by atoms with Gasteiger partial charge in [0.1, 0.15) is 11.6 Å². The fourth-order valence-corrected chi connectivity index (χ4v) is 4.19. The largest absolute Gasteiger partial charge is 0.497 e. The van der Waals surface area contributed by atoms with Crippen LogP contribution in [0.4, 0.5) is 5.82 Å². The molecule has 0 spiro atoms. The van der Waals surface area contributed by atoms with E-state index in [2.05, 4.69) is 15.3 Å². The highest BCUT2D eigenvalue weighted by Crippen LogP contribution is 2.30. The number of ether oxygens (including phenoxy) is 1. The molecule has 1 aliphatic carbocycles. The van der Waals surface area contributed by atoms with Crippen LogP contribution in [0.1, 0.15) is 37.2 Å². The van der Waals surface area contributed by atoms with Gasteiger partial charge in [-0.15, -0.1) is 0 Å². The van der Waals surface area contributed by atoms with Gasteiger partial charge in [0.05, 0.1) is 18.3 Å². The second kappa shape index (κ2) is 10.8. The average molecular weight is 446 g/mol. The molecule has 3 aromatic rings. The monoisotopic (exact) mass is 445 g/mol. The Morgan fingerprint density at radius 3 is 2.64 bits per heavy atom. The van der Waals surface area contributed by atoms with Crippen molar-refractivity contribution in [2.75, 3.05) is 25.5 Å². The number of aliphatic imine (C=N–C) groups is 1. The zero-order valence-electron chi connectivity index (χ0n) is 18.9. The molecule has 0 saturated heterocycles. The normalized spacial score (nSPS) is 18.3. The van der Waals surface area contributed by atoms with Gasteiger partial charge in [0.15, 0.2) is 11.8 Å². The van der Waals surface area contributed by atoms with Crippen molar-refractivity contribution < 1.29 is 4.74 Å². The third-order valence-electron chi connectivity index (χ3n) is 6.07. The highest BCUT2D eigenvalue weighted by molar-refractivity contribution is 5.91. The van der Waals surface area contributed by atoms with Crippen molar-refractivity contribution in [1.82, 2.24) is 15.0 Å². The Bertz CT molecular complexity index is 1120. The number of nitrogens with two attached hydrogens (primary N) is 2. The number of hydrogen-bond donors (Lipinski definition) is 3. The van der Waals surface area contributed by atoms with Gasteiger partial charge >= 0.3 is 0 Å². The van der Waals surface area contributed by atoms with Gasteiger partial charge in [0, 0.05) is 24.7 Å². The fourth-order valence-electron chi connectivity index (χ4n) is 4.19. The molecule has 33 heavy (non-hydrogen) atoms. The molecule has 8 nitrogen and oxygen atoms in total. The Morgan fingerprint density at radius 1 is 1.09 bits per heavy atom. The minimum Gasteiger partial charge on any atom is -0.497 e. The molecule has 0 bridgehead atoms. The Hall–Kier alpha value is -3.68. The van der Waals surface area contributed by atoms with Crippen LogP contribution < -0.4 is 21.5 Å². The van der Waals surface area contributed by atoms with Crippen LogP contribution >= 0.6 is 0 Å². The van der Waals surface area contributed by atoms with Gasteiger partial charge in [-0.2, -0.15) is 0 Å². The summed E-state index contributed by atoms with van der Waals surface area (Å²) >= 11 is 0. The van der Waals surface area contributed by atoms with Crippen LogP contribution in [-0.2, 0) is 0 Å². The maximum absolute atomic E-state index is 5.47. The molecule has 172 valence electrons. The van der Waals surface area contributed by atoms with E-state index in [-0.39, 0.29) is 5.96 Å². The summed E-state index contributed by atoms with van der Waals surface area (Å²) in [6.07, 6.45) is 10.2. The highest BCUT2D eigenvalue weighted by atomic mass is 16.5. The number of pyridine rings is 1. The molecule has 4 rings (SSSR count). The molecule has 1 aromatic carbocycles. The Kier molecular flexibility index (Phi) is 7.34. The Labute approximate surface area is 194 Å². The van der Waals surface area contributed by atoms with Gasteiger partial charge in [0.2, 0.25) is 0 Å². The van der Waals surface area contributed by atoms with Crippen LogP contribution in [0.2, 0.25) is 0 Å². The lowest BCUT2D eigenvalue weighted by Crippen LogP contribution is -2.26. The van der Waals surface area contributed by atoms with Crippen LogP contribution in [0, 0.1) is 11.8 Å². The van der Waals surface area contributed by atoms with Crippen molar-refractivity contribution in [1.29, 1.82) is 0 Å². The molecule has 2 heterocycles. The summed E-state index contributed by atoms with van der Waals surface area (Å²) in [7, 11) is 1.67. The lowest BCUT2D eigenvalue weighted by Gasteiger charge is -2.28. The van der Waals surface area contributed by atoms with E-state index in [1.165, 1.54) is 0 Å². The van der Waals surface area contributed by atoms with Crippen LogP contribution in [0.5, 0.6) is 5.75 Å². The molecule has 1 fully saturated rings. The first kappa shape index (κ1) is 22.5. The van der Waals surface area contributed by atoms with Gasteiger partial charge in [-0.25, -0.2) is 9.97 Å². The van der Waals surface area contributed by atoms with E-state index in [1.54, 1.807) is 13.3 Å². The topological polar surface area (TPSA) is 124 Å². The van der Waals surface area contributed by atoms with Crippen LogP contribution in [-0.4, -0.2) is 41.1 Å². The number of rotatable bonds is 8. The third kappa shape index (κ3) is 6.19. The third-order valence-corrected chi connectivity index (χ3v) is 6.07. The van der Waals surface area contributed by atoms with Gasteiger partial charge in [-0.05, 0) is 80.0 Å². The van der Waals surface area contributed by atoms with Crippen molar-refractivity contribution in [3.8, 4) is 5.75 Å². The predicted octanol–water partition coefficient (Wildman–Crippen LogP) is 3.70. The molecule has 0 atom stereocenters. The zero-order valence-corrected chi connectivity index (χ0v) is 18.9. The summed E-state index contributed by atoms with van der Waals surface area (Å²) in [5.41, 5.74) is 12.7. The van der Waals surface area contributed by atoms with Gasteiger partial charge in [-0.1, -0.05) is 6.07 Å². The smallest absolute Gasteiger partial charge is 0.185 e. The summed E-state index contributed by atoms with van der Waals surface area (Å²) in [6.45, 7) is 1.59. The quantitative estimate of drug-likeness (QED) is 0.357. The molecular formula is C25H31N7O. The number of anilines is 1. The van der Waals surface area contributed by atoms with Gasteiger partial charge in [-0.3, -0.25) is 9.98 Å². The average Bonchev–Trinajstić information content (AvgIpc) is 2.85. The van der Waals surface area contributed by atoms with E-state index >= 15 is 0 Å². The molecule has 0 aliphatic heterocycles. The minimum atomic E-state index is 0.178. The van der Waals surface area contributed by atoms with Gasteiger partial charge < -0.3 is 21.5 Å². The van der Waals surface area contributed by atoms with Crippen molar-refractivity contribution in [3.63, 3.8) is 0 Å². The number of fused-ring (bicyclic) bond motifs is 1. The Balaban J connectivity index is 1.49. The van der Waals surface area contributed by atoms with Crippen LogP contribution in [0.3, 0.4) is 0 Å². The molecule has 0 unspecified atom stereocenters. The van der Waals surface area contributed by atoms with Crippen LogP contribution in [0.15, 0.2) is 47.6 Å². The first-order valence-corrected chi connectivity index (χ1v) is 11.3. The van der Waals surface area contributed by atoms with Gasteiger partial charge in [0.25, 0.3) is 0 Å². The van der Waals surface area contributed by atoms with E-state index in [0.717, 1.165) is 66.9 Å². The summed E-state index contributed by atoms with van der Waals surface area (Å²) in [5.74, 6) is 3.58. The minimum absolute atomic E-state index is 0.178. The van der Waals surface area contributed by atoms with E-state index < -0.39 is 0 Å². The van der Waals surface area contributed by atoms with E-state index in [1.807, 2.05) is 48.6 Å². The number of hydrogen-bond acceptors (Lipinski definition) is 6. The number of methoxy groups -OCH3 is 1. The second-order valence-electron chi connectivity index (χ2n) is 8.43. The number of benzene rings is 1. The second-order valence-corrected chi connectivity index (χ2v) is 8.43. The SMILES string of the molecule is COc1ccc2nc(C=Cc3ccccn3)nc(NCC3CCC(CN=C(N)N)CC3)c2c1. The molecule has 5 N–H and O–H groups in total. The molecule has 1 aliphatic rings. The lowest BCUT2D eigenvalue weighted by atomic mass is 9.82. The maximum Gasteiger partial charge on any atom is 0.185 e. The van der Waals surface area contributed by atoms with E-state index in [9.17, 15) is 0 Å². The zero-order chi connectivity index (χ0) is 23.0. The van der Waals surface area contributed by atoms with Crippen molar-refractivity contribution in [2.24, 2.45) is 28.3 Å². The number of guanidine groups is 1. The van der Waals surface area contributed by atoms with E-state index in [4.69, 9.17) is 26.2 Å². The standard InChI is InChI=1S/C25H31N7O/c1-33-20-10-11-22-21(14-20)24(32-23(31-22)12-9-19-4-2-3-13-28-19)29-15-17-5-7-18(8-6-17)16-30-25(26)27/h2-4,9-14,17-18H,5-8,15-16H2,1H3,(H4,26,27,30)(H,29,31,32). The van der Waals surface area contributed by atoms with E-state index in [0.29, 0.717) is 17.7 Å². The molecule has 8 heteroatoms. The first-order valence-electron chi connectivity index (χ1n) is 11.3. The number of nitrogens with zero attached hydrogens (tertiary/aromatic N) is 4. The summed E-state index contributed by atoms with van der Waals surface area (Å²) in [4.78, 5) is 18.0. The first-order chi connectivity index (χ1) is 16.1. The maximum atomic E-state index is 5.47. The van der Waals surface area contributed by atoms with Crippen LogP contribution in [0.25, 0.3) is 23.1 Å². The summed E-state index contributed by atoms with van der Waals surface area (Å²) in [6, 6.07) is 11.7. The molecular weight excluding hydrogens is 414 g/mol. The summed E-state index contributed by atoms with van der Waals surface area (Å²) in [5, 5.41) is 4.54. The Morgan fingerprint density at radius 2 is 1.91 bits per heavy atom. The van der Waals surface area contributed by atoms with Crippen molar-refractivity contribution in [3.05, 3.63) is 54.1 Å². The number of nitrogens with one attached hydrogen (secondary N) is 1. The fraction of sp³-hybridized carbons (Fsp3) is 0.360. The van der Waals surface area contributed by atoms with Crippen molar-refractivity contribution >= 4 is 34.8 Å².